The molecule has 0 spiro atoms. The molecule has 1 fully saturated rings. The number of ether oxygens (including phenoxy) is 5. The molecule has 1 saturated heterocycles. The van der Waals surface area contributed by atoms with E-state index >= 15 is 0 Å². The van der Waals surface area contributed by atoms with Crippen molar-refractivity contribution in [2.45, 2.75) is 55.6 Å². The first-order valence-corrected chi connectivity index (χ1v) is 16.8. The fourth-order valence-electron chi connectivity index (χ4n) is 3.79. The van der Waals surface area contributed by atoms with Crippen LogP contribution in [-0.4, -0.2) is 112 Å². The molecule has 0 bridgehead atoms. The van der Waals surface area contributed by atoms with Crippen LogP contribution in [0.5, 0.6) is 5.75 Å². The van der Waals surface area contributed by atoms with Crippen molar-refractivity contribution in [3.63, 3.8) is 0 Å². The summed E-state index contributed by atoms with van der Waals surface area (Å²) in [4.78, 5) is 24.3. The second-order valence-electron chi connectivity index (χ2n) is 10.7. The van der Waals surface area contributed by atoms with Crippen LogP contribution in [0.1, 0.15) is 37.6 Å². The number of hydrogen-bond acceptors (Lipinski definition) is 11. The number of hydrogen-bond donors (Lipinski definition) is 4. The molecule has 2 rings (SSSR count). The number of rotatable bonds is 20. The Morgan fingerprint density at radius 2 is 2.14 bits per heavy atom. The number of benzene rings is 1. The molecular weight excluding hydrogens is 605 g/mol. The second-order valence-corrected chi connectivity index (χ2v) is 13.9. The van der Waals surface area contributed by atoms with Gasteiger partial charge in [-0.15, -0.1) is 6.58 Å². The van der Waals surface area contributed by atoms with Gasteiger partial charge < -0.3 is 45.2 Å². The topological polar surface area (TPSA) is 151 Å². The smallest absolute Gasteiger partial charge is 0.251 e. The summed E-state index contributed by atoms with van der Waals surface area (Å²) < 4.78 is 28.8. The zero-order valence-electron chi connectivity index (χ0n) is 25.9. The Labute approximate surface area is 269 Å². The first kappa shape index (κ1) is 38.0. The maximum Gasteiger partial charge on any atom is 0.251 e. The van der Waals surface area contributed by atoms with Crippen molar-refractivity contribution >= 4 is 40.7 Å². The van der Waals surface area contributed by atoms with Gasteiger partial charge in [0.2, 0.25) is 13.2 Å². The molecule has 5 N–H and O–H groups in total. The molecule has 14 heteroatoms. The van der Waals surface area contributed by atoms with Gasteiger partial charge in [-0.2, -0.15) is 5.82 Å². The Bertz CT molecular complexity index is 1080. The molecule has 2 amide bonds. The summed E-state index contributed by atoms with van der Waals surface area (Å²) in [6.45, 7) is 11.9. The predicted molar refractivity (Wildman–Crippen MR) is 177 cm³/mol. The van der Waals surface area contributed by atoms with E-state index in [0.29, 0.717) is 44.7 Å². The number of nitrogens with two attached hydrogens (primary N) is 1. The summed E-state index contributed by atoms with van der Waals surface area (Å²) in [7, 11) is 3.72. The number of aliphatic hydroxyl groups is 1. The zero-order valence-corrected chi connectivity index (χ0v) is 27.5. The van der Waals surface area contributed by atoms with Crippen molar-refractivity contribution in [1.82, 2.24) is 10.6 Å². The third-order valence-corrected chi connectivity index (χ3v) is 9.31. The van der Waals surface area contributed by atoms with Gasteiger partial charge in [0.05, 0.1) is 39.1 Å². The highest BCUT2D eigenvalue weighted by molar-refractivity contribution is 8.77. The van der Waals surface area contributed by atoms with Crippen molar-refractivity contribution in [3.8, 4) is 17.5 Å². The molecule has 0 aromatic heterocycles. The molecule has 244 valence electrons. The van der Waals surface area contributed by atoms with Gasteiger partial charge in [-0.1, -0.05) is 60.4 Å². The molecule has 1 aromatic rings. The van der Waals surface area contributed by atoms with E-state index in [1.54, 1.807) is 51.9 Å². The number of carbonyl (C=O) groups excluding carboxylic acids is 2. The Balaban J connectivity index is 1.68. The summed E-state index contributed by atoms with van der Waals surface area (Å²) >= 11 is 0. The predicted octanol–water partition coefficient (Wildman–Crippen LogP) is 1.49. The van der Waals surface area contributed by atoms with Crippen molar-refractivity contribution < 1.29 is 38.4 Å². The maximum absolute atomic E-state index is 12.2. The van der Waals surface area contributed by atoms with E-state index in [9.17, 15) is 14.7 Å². The van der Waals surface area contributed by atoms with Gasteiger partial charge in [0.1, 0.15) is 30.5 Å². The zero-order chi connectivity index (χ0) is 32.2. The Morgan fingerprint density at radius 3 is 2.86 bits per heavy atom. The molecule has 1 aliphatic heterocycles. The summed E-state index contributed by atoms with van der Waals surface area (Å²) in [5, 5.41) is 14.9. The molecule has 11 nitrogen and oxygen atoms in total. The van der Waals surface area contributed by atoms with Crippen LogP contribution < -0.4 is 21.1 Å². The van der Waals surface area contributed by atoms with Gasteiger partial charge in [0.25, 0.3) is 5.91 Å². The van der Waals surface area contributed by atoms with Crippen LogP contribution in [-0.2, 0) is 23.7 Å². The van der Waals surface area contributed by atoms with Crippen LogP contribution in [0, 0.1) is 11.7 Å². The SMILES string of the molecule is C=CCO[C@@H]1C[C@H](BC#CCNC(=O)COCCOC(COc2cccc(C(=O)NCCN)c2)SSC(C)(C)C)OC1CO. The molecule has 0 aliphatic carbocycles. The van der Waals surface area contributed by atoms with E-state index in [0.717, 1.165) is 0 Å². The standard InChI is InChI=1S/C30H46BN3O8S2/c1-5-14-39-24-18-26(42-25(24)19-35)31-10-7-12-33-27(36)20-38-15-16-40-28(43-44-30(2,3)4)21-41-23-9-6-8-22(17-23)29(37)34-13-11-32/h5-6,8-9,17,24-26,28,31,35H,1,11-16,18-21,32H2,2-4H3,(H,33,36)(H,34,37)/t24-,25?,26-,28?/m1/s1. The first-order valence-electron chi connectivity index (χ1n) is 14.6. The summed E-state index contributed by atoms with van der Waals surface area (Å²) in [5.74, 6) is 6.00. The highest BCUT2D eigenvalue weighted by atomic mass is 33.1. The lowest BCUT2D eigenvalue weighted by molar-refractivity contribution is -0.126. The molecule has 1 aromatic carbocycles. The molecule has 1 heterocycles. The van der Waals surface area contributed by atoms with E-state index in [4.69, 9.17) is 29.4 Å². The number of carbonyl (C=O) groups is 2. The minimum Gasteiger partial charge on any atom is -0.490 e. The van der Waals surface area contributed by atoms with Gasteiger partial charge in [-0.25, -0.2) is 0 Å². The summed E-state index contributed by atoms with van der Waals surface area (Å²) in [5.41, 5.74) is 5.65. The molecule has 4 atom stereocenters. The monoisotopic (exact) mass is 651 g/mol. The summed E-state index contributed by atoms with van der Waals surface area (Å²) in [6.07, 6.45) is 1.78. The van der Waals surface area contributed by atoms with Crippen molar-refractivity contribution in [2.24, 2.45) is 5.73 Å². The second kappa shape index (κ2) is 21.5. The highest BCUT2D eigenvalue weighted by Gasteiger charge is 2.35. The van der Waals surface area contributed by atoms with Crippen LogP contribution in [0.3, 0.4) is 0 Å². The van der Waals surface area contributed by atoms with Crippen LogP contribution in [0.15, 0.2) is 36.9 Å². The molecule has 0 saturated carbocycles. The van der Waals surface area contributed by atoms with Gasteiger partial charge in [0.15, 0.2) is 0 Å². The maximum atomic E-state index is 12.2. The average Bonchev–Trinajstić information content (AvgIpc) is 3.40. The number of aliphatic hydroxyl groups excluding tert-OH is 1. The first-order chi connectivity index (χ1) is 21.1. The van der Waals surface area contributed by atoms with Gasteiger partial charge in [0, 0.05) is 29.4 Å². The van der Waals surface area contributed by atoms with Gasteiger partial charge in [-0.3, -0.25) is 9.59 Å². The van der Waals surface area contributed by atoms with E-state index < -0.39 is 0 Å². The lowest BCUT2D eigenvalue weighted by atomic mass is 9.71. The quantitative estimate of drug-likeness (QED) is 0.0406. The summed E-state index contributed by atoms with van der Waals surface area (Å²) in [6, 6.07) is 6.82. The fraction of sp³-hybridized carbons (Fsp3) is 0.600. The molecule has 2 unspecified atom stereocenters. The molecule has 0 radical (unpaired) electrons. The third-order valence-electron chi connectivity index (χ3n) is 5.80. The number of nitrogens with one attached hydrogen (secondary N) is 2. The van der Waals surface area contributed by atoms with Crippen LogP contribution >= 0.6 is 21.6 Å². The van der Waals surface area contributed by atoms with E-state index in [1.807, 2.05) is 0 Å². The lowest BCUT2D eigenvalue weighted by Gasteiger charge is -2.22. The lowest BCUT2D eigenvalue weighted by Crippen LogP contribution is -2.29. The molecular formula is C30H46BN3O8S2. The minimum absolute atomic E-state index is 0.0129. The van der Waals surface area contributed by atoms with Crippen LogP contribution in [0.4, 0.5) is 0 Å². The largest absolute Gasteiger partial charge is 0.490 e. The van der Waals surface area contributed by atoms with Crippen molar-refractivity contribution in [1.29, 1.82) is 0 Å². The molecule has 1 aliphatic rings. The molecule has 44 heavy (non-hydrogen) atoms. The third kappa shape index (κ3) is 16.2. The van der Waals surface area contributed by atoms with E-state index in [2.05, 4.69) is 49.7 Å². The minimum atomic E-state index is -0.361. The Hall–Kier alpha value is -2.22. The van der Waals surface area contributed by atoms with Crippen LogP contribution in [0.2, 0.25) is 0 Å². The van der Waals surface area contributed by atoms with Gasteiger partial charge >= 0.3 is 0 Å². The fourth-order valence-corrected chi connectivity index (χ4v) is 5.98. The average molecular weight is 652 g/mol. The van der Waals surface area contributed by atoms with Crippen LogP contribution in [0.25, 0.3) is 0 Å². The van der Waals surface area contributed by atoms with Crippen molar-refractivity contribution in [2.75, 3.05) is 59.3 Å². The van der Waals surface area contributed by atoms with E-state index in [1.165, 1.54) is 0 Å². The Kier molecular flexibility index (Phi) is 18.6. The van der Waals surface area contributed by atoms with Gasteiger partial charge in [-0.05, 0) is 24.6 Å². The van der Waals surface area contributed by atoms with E-state index in [-0.39, 0.29) is 79.8 Å². The Morgan fingerprint density at radius 1 is 1.32 bits per heavy atom. The van der Waals surface area contributed by atoms with Crippen molar-refractivity contribution in [3.05, 3.63) is 42.5 Å². The highest BCUT2D eigenvalue weighted by Crippen LogP contribution is 2.38. The normalized spacial score (nSPS) is 18.5. The number of amides is 2.